The van der Waals surface area contributed by atoms with Crippen molar-refractivity contribution in [2.45, 2.75) is 13.8 Å². The molecule has 2 aromatic rings. The lowest BCUT2D eigenvalue weighted by atomic mass is 10.2. The largest absolute Gasteiger partial charge is 0.362 e. The maximum absolute atomic E-state index is 13.5. The van der Waals surface area contributed by atoms with Crippen LogP contribution in [0.25, 0.3) is 0 Å². The summed E-state index contributed by atoms with van der Waals surface area (Å²) in [6.45, 7) is 4.65. The molecule has 0 fully saturated rings. The molecule has 0 heterocycles. The topological polar surface area (TPSA) is 32.3 Å². The molecule has 0 aliphatic heterocycles. The first kappa shape index (κ1) is 15.9. The van der Waals surface area contributed by atoms with Crippen LogP contribution in [0, 0.1) is 18.6 Å². The van der Waals surface area contributed by atoms with E-state index in [9.17, 15) is 13.6 Å². The van der Waals surface area contributed by atoms with Crippen molar-refractivity contribution in [3.05, 3.63) is 59.7 Å². The summed E-state index contributed by atoms with van der Waals surface area (Å²) >= 11 is 0. The summed E-state index contributed by atoms with van der Waals surface area (Å²) in [4.78, 5) is 13.9. The Morgan fingerprint density at radius 2 is 1.95 bits per heavy atom. The van der Waals surface area contributed by atoms with Gasteiger partial charge in [-0.2, -0.15) is 0 Å². The highest BCUT2D eigenvalue weighted by Gasteiger charge is 2.12. The van der Waals surface area contributed by atoms with Crippen LogP contribution in [-0.4, -0.2) is 19.0 Å². The van der Waals surface area contributed by atoms with Crippen LogP contribution in [0.2, 0.25) is 0 Å². The molecule has 22 heavy (non-hydrogen) atoms. The Kier molecular flexibility index (Phi) is 5.09. The Bertz CT molecular complexity index is 673. The van der Waals surface area contributed by atoms with Crippen LogP contribution in [0.1, 0.15) is 12.5 Å². The van der Waals surface area contributed by atoms with Gasteiger partial charge in [0, 0.05) is 18.3 Å². The number of carbonyl (C=O) groups excluding carboxylic acids is 1. The van der Waals surface area contributed by atoms with Gasteiger partial charge in [0.15, 0.2) is 0 Å². The molecule has 116 valence electrons. The third-order valence-electron chi connectivity index (χ3n) is 3.29. The first-order chi connectivity index (χ1) is 10.5. The quantitative estimate of drug-likeness (QED) is 0.912. The zero-order valence-corrected chi connectivity index (χ0v) is 12.6. The van der Waals surface area contributed by atoms with Crippen molar-refractivity contribution in [2.75, 3.05) is 23.3 Å². The first-order valence-corrected chi connectivity index (χ1v) is 7.06. The molecular weight excluding hydrogens is 286 g/mol. The number of aryl methyl sites for hydroxylation is 1. The standard InChI is InChI=1S/C17H18F2N2O/c1-3-21(14-6-4-5-12(2)9-14)11-17(22)20-16-8-7-13(18)10-15(16)19/h4-10H,3,11H2,1-2H3,(H,20,22). The average Bonchev–Trinajstić information content (AvgIpc) is 2.47. The fourth-order valence-electron chi connectivity index (χ4n) is 2.16. The molecule has 0 saturated heterocycles. The van der Waals surface area contributed by atoms with Gasteiger partial charge in [0.25, 0.3) is 0 Å². The van der Waals surface area contributed by atoms with Crippen molar-refractivity contribution in [1.29, 1.82) is 0 Å². The molecule has 0 aliphatic carbocycles. The molecule has 0 aliphatic rings. The summed E-state index contributed by atoms with van der Waals surface area (Å²) in [5, 5.41) is 2.46. The van der Waals surface area contributed by atoms with E-state index < -0.39 is 11.6 Å². The third-order valence-corrected chi connectivity index (χ3v) is 3.29. The van der Waals surface area contributed by atoms with E-state index in [4.69, 9.17) is 0 Å². The number of hydrogen-bond donors (Lipinski definition) is 1. The third kappa shape index (κ3) is 4.04. The summed E-state index contributed by atoms with van der Waals surface area (Å²) in [5.41, 5.74) is 2.00. The fraction of sp³-hybridized carbons (Fsp3) is 0.235. The van der Waals surface area contributed by atoms with Crippen LogP contribution in [0.4, 0.5) is 20.2 Å². The van der Waals surface area contributed by atoms with E-state index in [0.29, 0.717) is 6.54 Å². The summed E-state index contributed by atoms with van der Waals surface area (Å²) in [7, 11) is 0. The number of likely N-dealkylation sites (N-methyl/N-ethyl adjacent to an activating group) is 1. The van der Waals surface area contributed by atoms with E-state index in [2.05, 4.69) is 5.32 Å². The molecule has 0 atom stereocenters. The lowest BCUT2D eigenvalue weighted by Crippen LogP contribution is -2.33. The molecule has 0 unspecified atom stereocenters. The van der Waals surface area contributed by atoms with Gasteiger partial charge in [-0.15, -0.1) is 0 Å². The molecular formula is C17H18F2N2O. The number of anilines is 2. The van der Waals surface area contributed by atoms with Crippen molar-refractivity contribution < 1.29 is 13.6 Å². The van der Waals surface area contributed by atoms with Gasteiger partial charge in [-0.1, -0.05) is 12.1 Å². The minimum absolute atomic E-state index is 0.0216. The maximum Gasteiger partial charge on any atom is 0.243 e. The number of benzene rings is 2. The number of hydrogen-bond acceptors (Lipinski definition) is 2. The van der Waals surface area contributed by atoms with Gasteiger partial charge in [-0.25, -0.2) is 8.78 Å². The van der Waals surface area contributed by atoms with E-state index in [0.717, 1.165) is 23.4 Å². The summed E-state index contributed by atoms with van der Waals surface area (Å²) in [5.74, 6) is -1.81. The van der Waals surface area contributed by atoms with Crippen LogP contribution in [0.5, 0.6) is 0 Å². The maximum atomic E-state index is 13.5. The molecule has 5 heteroatoms. The lowest BCUT2D eigenvalue weighted by Gasteiger charge is -2.23. The van der Waals surface area contributed by atoms with Crippen molar-refractivity contribution in [1.82, 2.24) is 0 Å². The Labute approximate surface area is 128 Å². The van der Waals surface area contributed by atoms with Crippen molar-refractivity contribution in [3.63, 3.8) is 0 Å². The summed E-state index contributed by atoms with van der Waals surface area (Å²) < 4.78 is 26.4. The molecule has 1 amide bonds. The Hall–Kier alpha value is -2.43. The van der Waals surface area contributed by atoms with E-state index in [1.54, 1.807) is 0 Å². The normalized spacial score (nSPS) is 10.4. The number of rotatable bonds is 5. The highest BCUT2D eigenvalue weighted by Crippen LogP contribution is 2.17. The van der Waals surface area contributed by atoms with Crippen LogP contribution in [0.15, 0.2) is 42.5 Å². The highest BCUT2D eigenvalue weighted by molar-refractivity contribution is 5.94. The smallest absolute Gasteiger partial charge is 0.243 e. The zero-order valence-electron chi connectivity index (χ0n) is 12.6. The highest BCUT2D eigenvalue weighted by atomic mass is 19.1. The van der Waals surface area contributed by atoms with Crippen LogP contribution in [0.3, 0.4) is 0 Å². The molecule has 0 bridgehead atoms. The predicted octanol–water partition coefficient (Wildman–Crippen LogP) is 3.74. The second kappa shape index (κ2) is 7.02. The van der Waals surface area contributed by atoms with E-state index in [1.807, 2.05) is 43.0 Å². The van der Waals surface area contributed by atoms with Gasteiger partial charge in [-0.3, -0.25) is 4.79 Å². The lowest BCUT2D eigenvalue weighted by molar-refractivity contribution is -0.115. The molecule has 2 rings (SSSR count). The van der Waals surface area contributed by atoms with Gasteiger partial charge < -0.3 is 10.2 Å². The molecule has 2 aromatic carbocycles. The Balaban J connectivity index is 2.06. The number of nitrogens with one attached hydrogen (secondary N) is 1. The molecule has 3 nitrogen and oxygen atoms in total. The summed E-state index contributed by atoms with van der Waals surface area (Å²) in [6.07, 6.45) is 0. The van der Waals surface area contributed by atoms with Crippen molar-refractivity contribution in [3.8, 4) is 0 Å². The van der Waals surface area contributed by atoms with Gasteiger partial charge in [0.2, 0.25) is 5.91 Å². The second-order valence-electron chi connectivity index (χ2n) is 5.03. The fourth-order valence-corrected chi connectivity index (χ4v) is 2.16. The van der Waals surface area contributed by atoms with Crippen LogP contribution in [-0.2, 0) is 4.79 Å². The number of amides is 1. The predicted molar refractivity (Wildman–Crippen MR) is 84.1 cm³/mol. The second-order valence-corrected chi connectivity index (χ2v) is 5.03. The van der Waals surface area contributed by atoms with Gasteiger partial charge in [-0.05, 0) is 43.7 Å². The van der Waals surface area contributed by atoms with Crippen LogP contribution >= 0.6 is 0 Å². The molecule has 0 saturated carbocycles. The van der Waals surface area contributed by atoms with E-state index >= 15 is 0 Å². The molecule has 0 aromatic heterocycles. The first-order valence-electron chi connectivity index (χ1n) is 7.06. The number of nitrogens with zero attached hydrogens (tertiary/aromatic N) is 1. The van der Waals surface area contributed by atoms with Gasteiger partial charge in [0.05, 0.1) is 12.2 Å². The molecule has 1 N–H and O–H groups in total. The Morgan fingerprint density at radius 1 is 1.18 bits per heavy atom. The number of carbonyl (C=O) groups is 1. The molecule has 0 spiro atoms. The van der Waals surface area contributed by atoms with Crippen LogP contribution < -0.4 is 10.2 Å². The minimum Gasteiger partial charge on any atom is -0.362 e. The monoisotopic (exact) mass is 304 g/mol. The zero-order chi connectivity index (χ0) is 16.1. The molecule has 0 radical (unpaired) electrons. The van der Waals surface area contributed by atoms with Gasteiger partial charge >= 0.3 is 0 Å². The SMILES string of the molecule is CCN(CC(=O)Nc1ccc(F)cc1F)c1cccc(C)c1. The van der Waals surface area contributed by atoms with Crippen molar-refractivity contribution >= 4 is 17.3 Å². The average molecular weight is 304 g/mol. The minimum atomic E-state index is -0.785. The van der Waals surface area contributed by atoms with Gasteiger partial charge in [0.1, 0.15) is 11.6 Å². The Morgan fingerprint density at radius 3 is 2.59 bits per heavy atom. The van der Waals surface area contributed by atoms with Crippen molar-refractivity contribution in [2.24, 2.45) is 0 Å². The van der Waals surface area contributed by atoms with E-state index in [1.165, 1.54) is 6.07 Å². The van der Waals surface area contributed by atoms with E-state index in [-0.39, 0.29) is 18.1 Å². The summed E-state index contributed by atoms with van der Waals surface area (Å²) in [6, 6.07) is 10.9. The number of halogens is 2.